The number of nitrogens with two attached hydrogens (primary N) is 1. The Bertz CT molecular complexity index is 768. The number of nitrogens with zero attached hydrogens (tertiary/aromatic N) is 3. The number of benzene rings is 1. The van der Waals surface area contributed by atoms with E-state index in [2.05, 4.69) is 23.2 Å². The number of hydrogen-bond acceptors (Lipinski definition) is 5. The average molecular weight is 308 g/mol. The molecule has 1 aromatic heterocycles. The minimum absolute atomic E-state index is 0.0492. The largest absolute Gasteiger partial charge is 0.375 e. The van der Waals surface area contributed by atoms with Gasteiger partial charge in [-0.2, -0.15) is 5.26 Å². The molecule has 5 heteroatoms. The summed E-state index contributed by atoms with van der Waals surface area (Å²) in [5.74, 6) is -0.0492. The zero-order valence-electron chi connectivity index (χ0n) is 12.2. The predicted octanol–water partition coefficient (Wildman–Crippen LogP) is 3.55. The van der Waals surface area contributed by atoms with Gasteiger partial charge in [-0.25, -0.2) is 4.98 Å². The summed E-state index contributed by atoms with van der Waals surface area (Å²) in [5, 5.41) is 10.0. The first kappa shape index (κ1) is 14.4. The van der Waals surface area contributed by atoms with Crippen molar-refractivity contribution in [1.82, 2.24) is 9.88 Å². The molecule has 1 aromatic carbocycles. The summed E-state index contributed by atoms with van der Waals surface area (Å²) in [4.78, 5) is 7.33. The molecule has 1 unspecified atom stereocenters. The van der Waals surface area contributed by atoms with Crippen LogP contribution in [-0.4, -0.2) is 9.88 Å². The van der Waals surface area contributed by atoms with E-state index in [0.29, 0.717) is 10.7 Å². The number of aryl methyl sites for hydroxylation is 1. The van der Waals surface area contributed by atoms with Crippen molar-refractivity contribution >= 4 is 16.5 Å². The molecule has 0 aliphatic carbocycles. The van der Waals surface area contributed by atoms with Gasteiger partial charge in [0.15, 0.2) is 5.13 Å². The van der Waals surface area contributed by atoms with Gasteiger partial charge in [0.25, 0.3) is 0 Å². The molecule has 110 valence electrons. The Hall–Kier alpha value is -2.58. The van der Waals surface area contributed by atoms with Crippen LogP contribution < -0.4 is 5.73 Å². The first-order chi connectivity index (χ1) is 10.7. The number of allylic oxidation sites excluding steroid dienone is 2. The first-order valence-electron chi connectivity index (χ1n) is 7.00. The van der Waals surface area contributed by atoms with Crippen LogP contribution in [0.5, 0.6) is 0 Å². The minimum Gasteiger partial charge on any atom is -0.375 e. The van der Waals surface area contributed by atoms with Gasteiger partial charge in [-0.3, -0.25) is 0 Å². The summed E-state index contributed by atoms with van der Waals surface area (Å²) in [6.07, 6.45) is 5.97. The summed E-state index contributed by atoms with van der Waals surface area (Å²) in [6, 6.07) is 12.5. The quantitative estimate of drug-likeness (QED) is 0.941. The third kappa shape index (κ3) is 2.87. The monoisotopic (exact) mass is 308 g/mol. The molecule has 22 heavy (non-hydrogen) atoms. The molecule has 0 radical (unpaired) electrons. The SMILES string of the molecule is Cc1nc(N)sc1C1C=CN(Cc2ccccc2)C=C1C#N. The molecule has 3 rings (SSSR count). The fourth-order valence-corrected chi connectivity index (χ4v) is 3.47. The maximum Gasteiger partial charge on any atom is 0.180 e. The number of hydrogen-bond donors (Lipinski definition) is 1. The number of thiazole rings is 1. The molecule has 0 spiro atoms. The molecule has 2 aromatic rings. The third-order valence-corrected chi connectivity index (χ3v) is 4.65. The molecule has 1 aliphatic rings. The summed E-state index contributed by atoms with van der Waals surface area (Å²) < 4.78 is 0. The van der Waals surface area contributed by atoms with Crippen molar-refractivity contribution in [3.63, 3.8) is 0 Å². The van der Waals surface area contributed by atoms with Crippen LogP contribution >= 0.6 is 11.3 Å². The fourth-order valence-electron chi connectivity index (χ4n) is 2.54. The smallest absolute Gasteiger partial charge is 0.180 e. The van der Waals surface area contributed by atoms with Gasteiger partial charge in [0, 0.05) is 23.8 Å². The molecular formula is C17H16N4S. The molecule has 0 amide bonds. The van der Waals surface area contributed by atoms with E-state index in [-0.39, 0.29) is 5.92 Å². The van der Waals surface area contributed by atoms with Crippen molar-refractivity contribution in [2.45, 2.75) is 19.4 Å². The molecule has 0 bridgehead atoms. The topological polar surface area (TPSA) is 65.9 Å². The molecular weight excluding hydrogens is 292 g/mol. The summed E-state index contributed by atoms with van der Waals surface area (Å²) >= 11 is 1.45. The predicted molar refractivity (Wildman–Crippen MR) is 88.8 cm³/mol. The summed E-state index contributed by atoms with van der Waals surface area (Å²) in [5.41, 5.74) is 8.59. The van der Waals surface area contributed by atoms with Gasteiger partial charge in [-0.1, -0.05) is 36.4 Å². The Balaban J connectivity index is 1.84. The zero-order chi connectivity index (χ0) is 15.5. The molecule has 0 saturated carbocycles. The van der Waals surface area contributed by atoms with E-state index in [1.165, 1.54) is 16.9 Å². The van der Waals surface area contributed by atoms with Crippen LogP contribution in [0.1, 0.15) is 22.1 Å². The molecule has 0 fully saturated rings. The van der Waals surface area contributed by atoms with Gasteiger partial charge in [0.05, 0.1) is 23.3 Å². The summed E-state index contributed by atoms with van der Waals surface area (Å²) in [6.45, 7) is 2.68. The van der Waals surface area contributed by atoms with Crippen LogP contribution in [0.3, 0.4) is 0 Å². The van der Waals surface area contributed by atoms with Gasteiger partial charge < -0.3 is 10.6 Å². The molecule has 2 N–H and O–H groups in total. The van der Waals surface area contributed by atoms with Crippen molar-refractivity contribution in [3.05, 3.63) is 70.5 Å². The number of anilines is 1. The van der Waals surface area contributed by atoms with Gasteiger partial charge in [0.1, 0.15) is 0 Å². The lowest BCUT2D eigenvalue weighted by Gasteiger charge is -2.23. The lowest BCUT2D eigenvalue weighted by Crippen LogP contribution is -2.16. The van der Waals surface area contributed by atoms with E-state index in [0.717, 1.165) is 17.1 Å². The van der Waals surface area contributed by atoms with Crippen LogP contribution in [0.25, 0.3) is 0 Å². The van der Waals surface area contributed by atoms with Crippen LogP contribution in [0, 0.1) is 18.3 Å². The average Bonchev–Trinajstić information content (AvgIpc) is 2.86. The van der Waals surface area contributed by atoms with Crippen molar-refractivity contribution in [3.8, 4) is 6.07 Å². The maximum atomic E-state index is 9.48. The highest BCUT2D eigenvalue weighted by Gasteiger charge is 2.23. The number of rotatable bonds is 3. The minimum atomic E-state index is -0.0492. The Morgan fingerprint density at radius 3 is 2.77 bits per heavy atom. The van der Waals surface area contributed by atoms with Gasteiger partial charge in [0.2, 0.25) is 0 Å². The highest BCUT2D eigenvalue weighted by molar-refractivity contribution is 7.15. The van der Waals surface area contributed by atoms with Gasteiger partial charge >= 0.3 is 0 Å². The normalized spacial score (nSPS) is 17.2. The second-order valence-electron chi connectivity index (χ2n) is 5.18. The van der Waals surface area contributed by atoms with E-state index in [9.17, 15) is 5.26 Å². The van der Waals surface area contributed by atoms with Crippen molar-refractivity contribution in [2.24, 2.45) is 0 Å². The fraction of sp³-hybridized carbons (Fsp3) is 0.176. The summed E-state index contributed by atoms with van der Waals surface area (Å²) in [7, 11) is 0. The highest BCUT2D eigenvalue weighted by Crippen LogP contribution is 2.36. The van der Waals surface area contributed by atoms with Crippen molar-refractivity contribution in [2.75, 3.05) is 5.73 Å². The standard InChI is InChI=1S/C17H16N4S/c1-12-16(22-17(19)20-12)15-7-8-21(11-14(15)9-18)10-13-5-3-2-4-6-13/h2-8,11,15H,10H2,1H3,(H2,19,20). The molecule has 1 aliphatic heterocycles. The Morgan fingerprint density at radius 2 is 2.14 bits per heavy atom. The van der Waals surface area contributed by atoms with Crippen LogP contribution in [0.2, 0.25) is 0 Å². The van der Waals surface area contributed by atoms with E-state index in [1.807, 2.05) is 48.5 Å². The van der Waals surface area contributed by atoms with Crippen LogP contribution in [-0.2, 0) is 6.54 Å². The number of nitrogen functional groups attached to an aromatic ring is 1. The van der Waals surface area contributed by atoms with E-state index >= 15 is 0 Å². The second-order valence-corrected chi connectivity index (χ2v) is 6.24. The maximum absolute atomic E-state index is 9.48. The highest BCUT2D eigenvalue weighted by atomic mass is 32.1. The van der Waals surface area contributed by atoms with Gasteiger partial charge in [-0.05, 0) is 12.5 Å². The lowest BCUT2D eigenvalue weighted by atomic mass is 9.95. The van der Waals surface area contributed by atoms with Crippen molar-refractivity contribution < 1.29 is 0 Å². The van der Waals surface area contributed by atoms with Gasteiger partial charge in [-0.15, -0.1) is 11.3 Å². The van der Waals surface area contributed by atoms with Crippen LogP contribution in [0.4, 0.5) is 5.13 Å². The van der Waals surface area contributed by atoms with Crippen molar-refractivity contribution in [1.29, 1.82) is 5.26 Å². The molecule has 1 atom stereocenters. The molecule has 4 nitrogen and oxygen atoms in total. The van der Waals surface area contributed by atoms with Crippen LogP contribution in [0.15, 0.2) is 54.4 Å². The van der Waals surface area contributed by atoms with E-state index in [4.69, 9.17) is 5.73 Å². The van der Waals surface area contributed by atoms with E-state index < -0.39 is 0 Å². The first-order valence-corrected chi connectivity index (χ1v) is 7.81. The number of nitriles is 1. The Morgan fingerprint density at radius 1 is 1.36 bits per heavy atom. The van der Waals surface area contributed by atoms with E-state index in [1.54, 1.807) is 0 Å². The molecule has 0 saturated heterocycles. The Labute approximate surface area is 133 Å². The lowest BCUT2D eigenvalue weighted by molar-refractivity contribution is 0.485. The Kier molecular flexibility index (Phi) is 3.94. The zero-order valence-corrected chi connectivity index (χ0v) is 13.0. The third-order valence-electron chi connectivity index (χ3n) is 3.58. The number of aromatic nitrogens is 1. The second kappa shape index (κ2) is 6.04. The molecule has 2 heterocycles.